The van der Waals surface area contributed by atoms with Gasteiger partial charge < -0.3 is 0 Å². The molecule has 0 aliphatic carbocycles. The Bertz CT molecular complexity index is 475. The van der Waals surface area contributed by atoms with E-state index in [-0.39, 0.29) is 0 Å². The first-order valence-corrected chi connectivity index (χ1v) is 4.98. The zero-order valence-corrected chi connectivity index (χ0v) is 8.91. The molecule has 0 fully saturated rings. The van der Waals surface area contributed by atoms with Gasteiger partial charge in [0.15, 0.2) is 0 Å². The molecule has 1 heterocycles. The Morgan fingerprint density at radius 1 is 1.29 bits per heavy atom. The molecule has 0 N–H and O–H groups in total. The van der Waals surface area contributed by atoms with Crippen LogP contribution < -0.4 is 4.57 Å². The van der Waals surface area contributed by atoms with E-state index >= 15 is 0 Å². The van der Waals surface area contributed by atoms with Crippen molar-refractivity contribution in [2.75, 3.05) is 0 Å². The van der Waals surface area contributed by atoms with Crippen molar-refractivity contribution < 1.29 is 4.57 Å². The highest BCUT2D eigenvalue weighted by Gasteiger charge is 2.14. The van der Waals surface area contributed by atoms with Gasteiger partial charge in [-0.1, -0.05) is 19.1 Å². The molecule has 0 spiro atoms. The summed E-state index contributed by atoms with van der Waals surface area (Å²) in [4.78, 5) is 4.59. The van der Waals surface area contributed by atoms with Gasteiger partial charge >= 0.3 is 0 Å². The number of benzene rings is 1. The van der Waals surface area contributed by atoms with Crippen LogP contribution in [0.25, 0.3) is 11.0 Å². The van der Waals surface area contributed by atoms with Crippen molar-refractivity contribution in [2.45, 2.75) is 20.3 Å². The van der Waals surface area contributed by atoms with Crippen LogP contribution in [0.5, 0.6) is 0 Å². The van der Waals surface area contributed by atoms with Crippen molar-refractivity contribution >= 4 is 11.0 Å². The van der Waals surface area contributed by atoms with Gasteiger partial charge in [-0.2, -0.15) is 4.57 Å². The Morgan fingerprint density at radius 3 is 2.71 bits per heavy atom. The van der Waals surface area contributed by atoms with Gasteiger partial charge in [0.05, 0.1) is 0 Å². The molecule has 0 aliphatic rings. The second-order valence-corrected chi connectivity index (χ2v) is 3.55. The van der Waals surface area contributed by atoms with Crippen LogP contribution in [0.4, 0.5) is 0 Å². The fraction of sp³-hybridized carbons (Fsp3) is 0.333. The summed E-state index contributed by atoms with van der Waals surface area (Å²) in [5.74, 6) is 0. The van der Waals surface area contributed by atoms with Crippen LogP contribution in [0.3, 0.4) is 0 Å². The molecule has 2 aromatic rings. The van der Waals surface area contributed by atoms with Gasteiger partial charge in [0.1, 0.15) is 18.3 Å². The number of hydrogen-bond acceptors (Lipinski definition) is 1. The first-order valence-electron chi connectivity index (χ1n) is 4.98. The molecule has 14 heavy (non-hydrogen) atoms. The lowest BCUT2D eigenvalue weighted by Gasteiger charge is -2.03. The van der Waals surface area contributed by atoms with Gasteiger partial charge in [-0.15, -0.1) is 0 Å². The minimum atomic E-state index is 1.03. The average molecular weight is 187 g/mol. The molecule has 1 aromatic carbocycles. The maximum absolute atomic E-state index is 4.59. The average Bonchev–Trinajstić information content (AvgIpc) is 2.18. The summed E-state index contributed by atoms with van der Waals surface area (Å²) >= 11 is 0. The van der Waals surface area contributed by atoms with E-state index in [1.807, 2.05) is 6.07 Å². The number of nitrogens with zero attached hydrogens (tertiary/aromatic N) is 2. The number of hydrogen-bond donors (Lipinski definition) is 0. The lowest BCUT2D eigenvalue weighted by atomic mass is 10.2. The molecule has 0 aliphatic heterocycles. The summed E-state index contributed by atoms with van der Waals surface area (Å²) in [6, 6.07) is 8.25. The van der Waals surface area contributed by atoms with E-state index in [2.05, 4.69) is 48.6 Å². The fourth-order valence-electron chi connectivity index (χ4n) is 1.97. The van der Waals surface area contributed by atoms with E-state index in [1.54, 1.807) is 0 Å². The number of fused-ring (bicyclic) bond motifs is 1. The highest BCUT2D eigenvalue weighted by molar-refractivity contribution is 5.70. The highest BCUT2D eigenvalue weighted by atomic mass is 15.0. The van der Waals surface area contributed by atoms with Crippen LogP contribution in [0, 0.1) is 6.92 Å². The Hall–Kier alpha value is -1.44. The van der Waals surface area contributed by atoms with Crippen molar-refractivity contribution in [1.82, 2.24) is 4.98 Å². The molecule has 0 saturated carbocycles. The second-order valence-electron chi connectivity index (χ2n) is 3.55. The summed E-state index contributed by atoms with van der Waals surface area (Å²) in [7, 11) is 2.11. The van der Waals surface area contributed by atoms with Gasteiger partial charge in [-0.25, -0.2) is 4.98 Å². The number of para-hydroxylation sites is 2. The summed E-state index contributed by atoms with van der Waals surface area (Å²) in [5, 5.41) is 0. The Labute approximate surface area is 84.2 Å². The van der Waals surface area contributed by atoms with Crippen LogP contribution in [0.2, 0.25) is 0 Å². The van der Waals surface area contributed by atoms with Crippen LogP contribution in [0.15, 0.2) is 24.3 Å². The first-order chi connectivity index (χ1) is 6.74. The van der Waals surface area contributed by atoms with E-state index in [0.29, 0.717) is 0 Å². The van der Waals surface area contributed by atoms with Gasteiger partial charge in [0.2, 0.25) is 11.2 Å². The summed E-state index contributed by atoms with van der Waals surface area (Å²) in [6.07, 6.45) is 1.03. The largest absolute Gasteiger partial charge is 0.240 e. The third-order valence-electron chi connectivity index (χ3n) is 2.69. The smallest absolute Gasteiger partial charge is 0.231 e. The molecular formula is C12H15N2+. The highest BCUT2D eigenvalue weighted by Crippen LogP contribution is 2.09. The molecule has 0 saturated heterocycles. The standard InChI is InChI=1S/C12H15N2/c1-4-11-9(2)13-10-7-5-6-8-12(10)14(11)3/h5-8H,4H2,1-3H3/q+1. The molecule has 2 heteroatoms. The molecule has 0 atom stereocenters. The Balaban J connectivity index is 2.86. The van der Waals surface area contributed by atoms with Crippen molar-refractivity contribution in [1.29, 1.82) is 0 Å². The van der Waals surface area contributed by atoms with Crippen molar-refractivity contribution in [3.8, 4) is 0 Å². The molecule has 0 unspecified atom stereocenters. The Morgan fingerprint density at radius 2 is 2.00 bits per heavy atom. The molecular weight excluding hydrogens is 172 g/mol. The first kappa shape index (κ1) is 9.13. The van der Waals surface area contributed by atoms with Gasteiger partial charge in [0, 0.05) is 12.5 Å². The maximum Gasteiger partial charge on any atom is 0.231 e. The minimum Gasteiger partial charge on any atom is -0.240 e. The maximum atomic E-state index is 4.59. The number of aromatic nitrogens is 2. The van der Waals surface area contributed by atoms with Crippen LogP contribution in [-0.2, 0) is 13.5 Å². The topological polar surface area (TPSA) is 16.8 Å². The SMILES string of the molecule is CCc1c(C)nc2ccccc2[n+]1C. The van der Waals surface area contributed by atoms with Crippen molar-refractivity contribution in [2.24, 2.45) is 7.05 Å². The second kappa shape index (κ2) is 3.37. The zero-order valence-electron chi connectivity index (χ0n) is 8.91. The predicted octanol–water partition coefficient (Wildman–Crippen LogP) is 1.93. The van der Waals surface area contributed by atoms with Gasteiger partial charge in [-0.05, 0) is 13.0 Å². The van der Waals surface area contributed by atoms with E-state index in [0.717, 1.165) is 17.6 Å². The van der Waals surface area contributed by atoms with Gasteiger partial charge in [0.25, 0.3) is 0 Å². The Kier molecular flexibility index (Phi) is 2.20. The van der Waals surface area contributed by atoms with Crippen molar-refractivity contribution in [3.05, 3.63) is 35.7 Å². The number of aryl methyl sites for hydroxylation is 2. The number of rotatable bonds is 1. The molecule has 2 nitrogen and oxygen atoms in total. The lowest BCUT2D eigenvalue weighted by Crippen LogP contribution is -2.36. The van der Waals surface area contributed by atoms with E-state index < -0.39 is 0 Å². The fourth-order valence-corrected chi connectivity index (χ4v) is 1.97. The zero-order chi connectivity index (χ0) is 10.1. The van der Waals surface area contributed by atoms with Crippen molar-refractivity contribution in [3.63, 3.8) is 0 Å². The molecule has 0 amide bonds. The summed E-state index contributed by atoms with van der Waals surface area (Å²) < 4.78 is 2.23. The minimum absolute atomic E-state index is 1.03. The third-order valence-corrected chi connectivity index (χ3v) is 2.69. The van der Waals surface area contributed by atoms with E-state index in [9.17, 15) is 0 Å². The lowest BCUT2D eigenvalue weighted by molar-refractivity contribution is -0.653. The van der Waals surface area contributed by atoms with E-state index in [1.165, 1.54) is 11.2 Å². The summed E-state index contributed by atoms with van der Waals surface area (Å²) in [5.41, 5.74) is 4.72. The normalized spacial score (nSPS) is 10.8. The predicted molar refractivity (Wildman–Crippen MR) is 57.0 cm³/mol. The third kappa shape index (κ3) is 1.27. The molecule has 2 rings (SSSR count). The molecule has 0 bridgehead atoms. The molecule has 72 valence electrons. The van der Waals surface area contributed by atoms with Crippen LogP contribution >= 0.6 is 0 Å². The molecule has 0 radical (unpaired) electrons. The summed E-state index contributed by atoms with van der Waals surface area (Å²) in [6.45, 7) is 4.24. The van der Waals surface area contributed by atoms with E-state index in [4.69, 9.17) is 0 Å². The monoisotopic (exact) mass is 187 g/mol. The van der Waals surface area contributed by atoms with Crippen LogP contribution in [0.1, 0.15) is 18.3 Å². The van der Waals surface area contributed by atoms with Gasteiger partial charge in [-0.3, -0.25) is 0 Å². The quantitative estimate of drug-likeness (QED) is 0.623. The molecule has 1 aromatic heterocycles. The van der Waals surface area contributed by atoms with Crippen LogP contribution in [-0.4, -0.2) is 4.98 Å².